The van der Waals surface area contributed by atoms with Gasteiger partial charge in [-0.1, -0.05) is 52.5 Å². The highest BCUT2D eigenvalue weighted by Gasteiger charge is 2.18. The van der Waals surface area contributed by atoms with Crippen LogP contribution in [0.2, 0.25) is 20.2 Å². The van der Waals surface area contributed by atoms with Crippen molar-refractivity contribution in [3.8, 4) is 0 Å². The van der Waals surface area contributed by atoms with Gasteiger partial charge >= 0.3 is 0 Å². The van der Waals surface area contributed by atoms with Gasteiger partial charge in [0.25, 0.3) is 0 Å². The fraction of sp³-hybridized carbons (Fsp3) is 0.143. The molecule has 0 aliphatic rings. The van der Waals surface area contributed by atoms with Gasteiger partial charge in [0.1, 0.15) is 11.3 Å². The zero-order valence-corrected chi connectivity index (χ0v) is 19.3. The minimum atomic E-state index is -0.324. The van der Waals surface area contributed by atoms with E-state index in [1.54, 1.807) is 36.8 Å². The van der Waals surface area contributed by atoms with Crippen LogP contribution < -0.4 is 0 Å². The monoisotopic (exact) mass is 501 g/mol. The van der Waals surface area contributed by atoms with Crippen molar-refractivity contribution in [2.75, 3.05) is 0 Å². The van der Waals surface area contributed by atoms with Gasteiger partial charge in [-0.2, -0.15) is 0 Å². The molecule has 30 heavy (non-hydrogen) atoms. The molecule has 0 saturated carbocycles. The Morgan fingerprint density at radius 3 is 2.47 bits per heavy atom. The first-order valence-electron chi connectivity index (χ1n) is 8.76. The third kappa shape index (κ3) is 5.38. The molecule has 0 aliphatic heterocycles. The van der Waals surface area contributed by atoms with Crippen LogP contribution in [0, 0.1) is 0 Å². The Kier molecular flexibility index (Phi) is 7.86. The van der Waals surface area contributed by atoms with Crippen LogP contribution in [0.3, 0.4) is 0 Å². The van der Waals surface area contributed by atoms with Crippen molar-refractivity contribution in [1.29, 1.82) is 0 Å². The van der Waals surface area contributed by atoms with Crippen LogP contribution in [-0.2, 0) is 17.9 Å². The molecule has 2 aromatic heterocycles. The number of hydrogen-bond donors (Lipinski definition) is 0. The van der Waals surface area contributed by atoms with Gasteiger partial charge in [-0.25, -0.2) is 9.97 Å². The highest BCUT2D eigenvalue weighted by molar-refractivity contribution is 6.35. The Morgan fingerprint density at radius 1 is 0.967 bits per heavy atom. The third-order valence-electron chi connectivity index (χ3n) is 4.51. The first kappa shape index (κ1) is 23.1. The number of pyridine rings is 1. The maximum absolute atomic E-state index is 6.45. The average molecular weight is 504 g/mol. The molecule has 0 saturated heterocycles. The van der Waals surface area contributed by atoms with E-state index in [1.165, 1.54) is 0 Å². The lowest BCUT2D eigenvalue weighted by Crippen LogP contribution is -2.13. The molecule has 2 aromatic carbocycles. The Labute approximate surface area is 200 Å². The smallest absolute Gasteiger partial charge is 0.130 e. The summed E-state index contributed by atoms with van der Waals surface area (Å²) in [6.45, 7) is 0.844. The van der Waals surface area contributed by atoms with Gasteiger partial charge < -0.3 is 9.30 Å². The third-order valence-corrected chi connectivity index (χ3v) is 5.50. The molecule has 0 fully saturated rings. The highest BCUT2D eigenvalue weighted by atomic mass is 35.5. The van der Waals surface area contributed by atoms with E-state index >= 15 is 0 Å². The standard InChI is InChI=1S/C21H15Cl4N3O.ClH/c22-14-2-4-19-17(8-14)13(7-21(25)27-19)11-29-20(10-28-6-5-26-12-28)16-3-1-15(23)9-18(16)24;/h1-9,12,20H,10-11H2;1H. The first-order valence-corrected chi connectivity index (χ1v) is 10.3. The molecule has 9 heteroatoms. The van der Waals surface area contributed by atoms with Crippen molar-refractivity contribution in [2.24, 2.45) is 0 Å². The number of aromatic nitrogens is 3. The van der Waals surface area contributed by atoms with Gasteiger partial charge in [-0.15, -0.1) is 12.4 Å². The van der Waals surface area contributed by atoms with Crippen molar-refractivity contribution < 1.29 is 4.74 Å². The van der Waals surface area contributed by atoms with Gasteiger partial charge in [-0.05, 0) is 42.0 Å². The number of fused-ring (bicyclic) bond motifs is 1. The predicted octanol–water partition coefficient (Wildman–Crippen LogP) is 7.42. The predicted molar refractivity (Wildman–Crippen MR) is 125 cm³/mol. The zero-order chi connectivity index (χ0) is 20.4. The van der Waals surface area contributed by atoms with Gasteiger partial charge in [0.15, 0.2) is 0 Å². The fourth-order valence-corrected chi connectivity index (χ4v) is 4.06. The summed E-state index contributed by atoms with van der Waals surface area (Å²) in [5.41, 5.74) is 2.49. The van der Waals surface area contributed by atoms with Gasteiger partial charge in [0.05, 0.1) is 25.0 Å². The Balaban J connectivity index is 0.00000256. The molecule has 4 aromatic rings. The van der Waals surface area contributed by atoms with Crippen LogP contribution in [0.5, 0.6) is 0 Å². The Bertz CT molecular complexity index is 1150. The van der Waals surface area contributed by atoms with Crippen molar-refractivity contribution in [2.45, 2.75) is 19.3 Å². The maximum Gasteiger partial charge on any atom is 0.130 e. The molecule has 1 atom stereocenters. The lowest BCUT2D eigenvalue weighted by Gasteiger charge is -2.21. The minimum Gasteiger partial charge on any atom is -0.367 e. The second kappa shape index (κ2) is 10.2. The molecule has 4 nitrogen and oxygen atoms in total. The second-order valence-electron chi connectivity index (χ2n) is 6.49. The Hall–Kier alpha value is -1.53. The van der Waals surface area contributed by atoms with Crippen LogP contribution >= 0.6 is 58.8 Å². The van der Waals surface area contributed by atoms with E-state index in [-0.39, 0.29) is 18.5 Å². The van der Waals surface area contributed by atoms with Crippen molar-refractivity contribution >= 4 is 69.7 Å². The number of halogens is 5. The highest BCUT2D eigenvalue weighted by Crippen LogP contribution is 2.32. The number of benzene rings is 2. The molecule has 156 valence electrons. The first-order chi connectivity index (χ1) is 14.0. The van der Waals surface area contributed by atoms with Crippen LogP contribution in [0.15, 0.2) is 61.2 Å². The molecule has 0 N–H and O–H groups in total. The number of hydrogen-bond acceptors (Lipinski definition) is 3. The van der Waals surface area contributed by atoms with Crippen molar-refractivity contribution in [1.82, 2.24) is 14.5 Å². The minimum absolute atomic E-state index is 0. The van der Waals surface area contributed by atoms with Crippen LogP contribution in [-0.4, -0.2) is 14.5 Å². The summed E-state index contributed by atoms with van der Waals surface area (Å²) in [6, 6.07) is 12.7. The topological polar surface area (TPSA) is 39.9 Å². The molecule has 0 spiro atoms. The number of ether oxygens (including phenoxy) is 1. The largest absolute Gasteiger partial charge is 0.367 e. The van der Waals surface area contributed by atoms with Crippen molar-refractivity contribution in [3.63, 3.8) is 0 Å². The van der Waals surface area contributed by atoms with Gasteiger partial charge in [0, 0.05) is 38.4 Å². The number of imidazole rings is 1. The van der Waals surface area contributed by atoms with E-state index in [0.717, 1.165) is 22.0 Å². The summed E-state index contributed by atoms with van der Waals surface area (Å²) >= 11 is 24.9. The van der Waals surface area contributed by atoms with Crippen LogP contribution in [0.1, 0.15) is 17.2 Å². The van der Waals surface area contributed by atoms with E-state index in [0.29, 0.717) is 33.4 Å². The van der Waals surface area contributed by atoms with Gasteiger partial charge in [-0.3, -0.25) is 0 Å². The summed E-state index contributed by atoms with van der Waals surface area (Å²) in [6.07, 6.45) is 5.01. The normalized spacial score (nSPS) is 12.0. The van der Waals surface area contributed by atoms with Crippen LogP contribution in [0.4, 0.5) is 0 Å². The zero-order valence-electron chi connectivity index (χ0n) is 15.4. The SMILES string of the molecule is Cl.Clc1ccc(C(Cn2ccnc2)OCc2cc(Cl)nc3ccc(Cl)cc23)c(Cl)c1. The van der Waals surface area contributed by atoms with E-state index in [9.17, 15) is 0 Å². The molecule has 2 heterocycles. The van der Waals surface area contributed by atoms with E-state index in [4.69, 9.17) is 51.1 Å². The molecule has 4 rings (SSSR count). The van der Waals surface area contributed by atoms with E-state index in [1.807, 2.05) is 29.0 Å². The summed E-state index contributed by atoms with van der Waals surface area (Å²) in [5, 5.41) is 3.03. The van der Waals surface area contributed by atoms with E-state index in [2.05, 4.69) is 9.97 Å². The molecule has 0 bridgehead atoms. The quantitative estimate of drug-likeness (QED) is 0.257. The fourth-order valence-electron chi connectivity index (χ4n) is 3.13. The Morgan fingerprint density at radius 2 is 1.73 bits per heavy atom. The van der Waals surface area contributed by atoms with E-state index < -0.39 is 0 Å². The number of rotatable bonds is 6. The summed E-state index contributed by atoms with van der Waals surface area (Å²) in [4.78, 5) is 8.45. The number of nitrogens with zero attached hydrogens (tertiary/aromatic N) is 3. The molecule has 0 aliphatic carbocycles. The molecular formula is C21H16Cl5N3O. The summed E-state index contributed by atoms with van der Waals surface area (Å²) in [5.74, 6) is 0. The average Bonchev–Trinajstić information content (AvgIpc) is 3.19. The summed E-state index contributed by atoms with van der Waals surface area (Å²) < 4.78 is 8.24. The lowest BCUT2D eigenvalue weighted by atomic mass is 10.1. The molecule has 0 amide bonds. The second-order valence-corrected chi connectivity index (χ2v) is 8.16. The molecule has 1 unspecified atom stereocenters. The van der Waals surface area contributed by atoms with Crippen molar-refractivity contribution in [3.05, 3.63) is 92.5 Å². The lowest BCUT2D eigenvalue weighted by molar-refractivity contribution is 0.0286. The molecular weight excluding hydrogens is 488 g/mol. The maximum atomic E-state index is 6.45. The van der Waals surface area contributed by atoms with Gasteiger partial charge in [0.2, 0.25) is 0 Å². The summed E-state index contributed by atoms with van der Waals surface area (Å²) in [7, 11) is 0. The molecule has 0 radical (unpaired) electrons. The van der Waals surface area contributed by atoms with Crippen LogP contribution in [0.25, 0.3) is 10.9 Å².